The van der Waals surface area contributed by atoms with Crippen molar-refractivity contribution in [2.75, 3.05) is 45.7 Å². The fourth-order valence-corrected chi connectivity index (χ4v) is 3.58. The number of nitrogens with one attached hydrogen (secondary N) is 5. The molecular weight excluding hydrogens is 543 g/mol. The lowest BCUT2D eigenvalue weighted by atomic mass is 10.1. The third-order valence-corrected chi connectivity index (χ3v) is 5.59. The van der Waals surface area contributed by atoms with Gasteiger partial charge in [0, 0.05) is 31.3 Å². The van der Waals surface area contributed by atoms with Crippen LogP contribution < -0.4 is 26.6 Å². The third-order valence-electron chi connectivity index (χ3n) is 5.38. The molecule has 5 N–H and O–H groups in total. The molecule has 1 aliphatic heterocycles. The molecule has 2 atom stereocenters. The van der Waals surface area contributed by atoms with Gasteiger partial charge in [-0.3, -0.25) is 38.5 Å². The fraction of sp³-hybridized carbons (Fsp3) is 0.400. The molecule has 7 amide bonds. The van der Waals surface area contributed by atoms with E-state index < -0.39 is 48.0 Å². The van der Waals surface area contributed by atoms with E-state index in [2.05, 4.69) is 35.8 Å². The summed E-state index contributed by atoms with van der Waals surface area (Å²) >= 11 is 0. The first-order valence-electron chi connectivity index (χ1n) is 12.4. The van der Waals surface area contributed by atoms with Crippen LogP contribution in [0.5, 0.6) is 0 Å². The van der Waals surface area contributed by atoms with Crippen LogP contribution in [0.25, 0.3) is 0 Å². The molecular formula is C25H33N6O8P. The maximum absolute atomic E-state index is 12.6. The zero-order valence-electron chi connectivity index (χ0n) is 21.8. The van der Waals surface area contributed by atoms with Crippen LogP contribution in [0.15, 0.2) is 42.5 Å². The molecule has 14 nitrogen and oxygen atoms in total. The number of carbonyl (C=O) groups is 7. The number of rotatable bonds is 17. The SMILES string of the molecule is O=C(CCOCCN1C(=O)C=CC1=O)NCC(=O)NCC(=O)N[C@@H](Cc1ccccc1)C(=O)NCC(=O)NCP. The number of nitrogens with zero attached hydrogens (tertiary/aromatic N) is 1. The molecule has 0 bridgehead atoms. The van der Waals surface area contributed by atoms with Crippen LogP contribution in [0.3, 0.4) is 0 Å². The molecule has 1 aromatic carbocycles. The topological polar surface area (TPSA) is 192 Å². The van der Waals surface area contributed by atoms with Crippen LogP contribution in [0.4, 0.5) is 0 Å². The summed E-state index contributed by atoms with van der Waals surface area (Å²) in [7, 11) is 2.33. The number of hydrogen-bond acceptors (Lipinski definition) is 8. The summed E-state index contributed by atoms with van der Waals surface area (Å²) in [5, 5.41) is 12.3. The monoisotopic (exact) mass is 576 g/mol. The standard InChI is InChI=1S/C25H33N6O8P/c32-19(8-10-39-11-9-31-23(36)6-7-24(31)37)26-13-20(33)27-15-22(35)30-18(12-17-4-2-1-3-5-17)25(38)28-14-21(34)29-16-40/h1-7,18H,8-16,40H2,(H,26,32)(H,27,33)(H,28,38)(H,29,34)(H,30,35)/t18-/m0/s1. The van der Waals surface area contributed by atoms with E-state index in [1.165, 1.54) is 12.2 Å². The molecule has 0 fully saturated rings. The van der Waals surface area contributed by atoms with Crippen LogP contribution in [0.2, 0.25) is 0 Å². The number of amides is 7. The van der Waals surface area contributed by atoms with Gasteiger partial charge in [-0.2, -0.15) is 0 Å². The zero-order valence-corrected chi connectivity index (χ0v) is 22.9. The summed E-state index contributed by atoms with van der Waals surface area (Å²) in [5.41, 5.74) is 0.781. The van der Waals surface area contributed by atoms with Crippen molar-refractivity contribution >= 4 is 50.6 Å². The van der Waals surface area contributed by atoms with Gasteiger partial charge in [-0.1, -0.05) is 30.3 Å². The molecule has 0 aromatic heterocycles. The van der Waals surface area contributed by atoms with Crippen LogP contribution in [-0.2, 0) is 44.7 Å². The van der Waals surface area contributed by atoms with Gasteiger partial charge in [0.2, 0.25) is 29.5 Å². The Morgan fingerprint density at radius 1 is 0.775 bits per heavy atom. The molecule has 40 heavy (non-hydrogen) atoms. The molecule has 1 aliphatic rings. The number of benzene rings is 1. The predicted molar refractivity (Wildman–Crippen MR) is 145 cm³/mol. The van der Waals surface area contributed by atoms with E-state index in [0.29, 0.717) is 6.29 Å². The van der Waals surface area contributed by atoms with Gasteiger partial charge in [0.15, 0.2) is 0 Å². The predicted octanol–water partition coefficient (Wildman–Crippen LogP) is -2.66. The lowest BCUT2D eigenvalue weighted by Gasteiger charge is -2.19. The minimum atomic E-state index is -0.992. The van der Waals surface area contributed by atoms with Crippen LogP contribution in [0, 0.1) is 0 Å². The Morgan fingerprint density at radius 2 is 1.38 bits per heavy atom. The van der Waals surface area contributed by atoms with Crippen molar-refractivity contribution in [3.8, 4) is 0 Å². The van der Waals surface area contributed by atoms with Crippen molar-refractivity contribution in [2.45, 2.75) is 18.9 Å². The molecule has 0 saturated carbocycles. The zero-order chi connectivity index (χ0) is 29.3. The smallest absolute Gasteiger partial charge is 0.253 e. The molecule has 15 heteroatoms. The minimum Gasteiger partial charge on any atom is -0.379 e. The normalized spacial score (nSPS) is 13.0. The van der Waals surface area contributed by atoms with Crippen molar-refractivity contribution in [2.24, 2.45) is 0 Å². The Morgan fingerprint density at radius 3 is 2.05 bits per heavy atom. The molecule has 0 radical (unpaired) electrons. The Balaban J connectivity index is 1.68. The molecule has 2 rings (SSSR count). The number of imide groups is 1. The van der Waals surface area contributed by atoms with Crippen molar-refractivity contribution in [3.63, 3.8) is 0 Å². The number of hydrogen-bond donors (Lipinski definition) is 5. The van der Waals surface area contributed by atoms with Gasteiger partial charge >= 0.3 is 0 Å². The van der Waals surface area contributed by atoms with E-state index >= 15 is 0 Å². The van der Waals surface area contributed by atoms with E-state index in [1.807, 2.05) is 6.07 Å². The van der Waals surface area contributed by atoms with Crippen molar-refractivity contribution in [3.05, 3.63) is 48.0 Å². The van der Waals surface area contributed by atoms with Crippen LogP contribution in [0.1, 0.15) is 12.0 Å². The van der Waals surface area contributed by atoms with Gasteiger partial charge < -0.3 is 31.3 Å². The van der Waals surface area contributed by atoms with E-state index in [4.69, 9.17) is 4.74 Å². The van der Waals surface area contributed by atoms with Gasteiger partial charge in [0.05, 0.1) is 39.4 Å². The van der Waals surface area contributed by atoms with E-state index in [-0.39, 0.29) is 51.6 Å². The van der Waals surface area contributed by atoms with Gasteiger partial charge in [-0.25, -0.2) is 0 Å². The highest BCUT2D eigenvalue weighted by atomic mass is 31.0. The lowest BCUT2D eigenvalue weighted by Crippen LogP contribution is -2.52. The maximum Gasteiger partial charge on any atom is 0.253 e. The highest BCUT2D eigenvalue weighted by molar-refractivity contribution is 7.16. The Bertz CT molecular complexity index is 1100. The average Bonchev–Trinajstić information content (AvgIpc) is 3.26. The van der Waals surface area contributed by atoms with Crippen molar-refractivity contribution in [1.29, 1.82) is 0 Å². The quantitative estimate of drug-likeness (QED) is 0.0754. The highest BCUT2D eigenvalue weighted by Crippen LogP contribution is 2.04. The van der Waals surface area contributed by atoms with Gasteiger partial charge in [-0.05, 0) is 5.56 Å². The molecule has 0 spiro atoms. The fourth-order valence-electron chi connectivity index (χ4n) is 3.35. The first kappa shape index (κ1) is 32.1. The van der Waals surface area contributed by atoms with Crippen LogP contribution in [-0.4, -0.2) is 98.0 Å². The largest absolute Gasteiger partial charge is 0.379 e. The Labute approximate surface area is 233 Å². The maximum atomic E-state index is 12.6. The molecule has 216 valence electrons. The van der Waals surface area contributed by atoms with Crippen molar-refractivity contribution in [1.82, 2.24) is 31.5 Å². The van der Waals surface area contributed by atoms with Gasteiger partial charge in [-0.15, -0.1) is 9.24 Å². The van der Waals surface area contributed by atoms with Crippen molar-refractivity contribution < 1.29 is 38.3 Å². The molecule has 0 saturated heterocycles. The first-order valence-corrected chi connectivity index (χ1v) is 13.2. The van der Waals surface area contributed by atoms with Gasteiger partial charge in [0.25, 0.3) is 11.8 Å². The summed E-state index contributed by atoms with van der Waals surface area (Å²) in [6.07, 6.45) is 2.77. The third kappa shape index (κ3) is 12.1. The molecule has 1 heterocycles. The number of carbonyl (C=O) groups excluding carboxylic acids is 7. The Hall–Kier alpha value is -4.16. The minimum absolute atomic E-state index is 0.0173. The Kier molecular flexibility index (Phi) is 14.0. The second kappa shape index (κ2) is 17.4. The summed E-state index contributed by atoms with van der Waals surface area (Å²) < 4.78 is 5.25. The average molecular weight is 577 g/mol. The molecule has 1 aromatic rings. The summed E-state index contributed by atoms with van der Waals surface area (Å²) in [4.78, 5) is 84.6. The lowest BCUT2D eigenvalue weighted by molar-refractivity contribution is -0.138. The second-order valence-electron chi connectivity index (χ2n) is 8.41. The second-order valence-corrected chi connectivity index (χ2v) is 8.82. The molecule has 1 unspecified atom stereocenters. The summed E-state index contributed by atoms with van der Waals surface area (Å²) in [6, 6.07) is 7.97. The number of ether oxygens (including phenoxy) is 1. The van der Waals surface area contributed by atoms with Gasteiger partial charge in [0.1, 0.15) is 6.04 Å². The van der Waals surface area contributed by atoms with E-state index in [0.717, 1.165) is 10.5 Å². The highest BCUT2D eigenvalue weighted by Gasteiger charge is 2.23. The van der Waals surface area contributed by atoms with E-state index in [9.17, 15) is 33.6 Å². The molecule has 0 aliphatic carbocycles. The summed E-state index contributed by atoms with van der Waals surface area (Å²) in [6.45, 7) is -0.927. The van der Waals surface area contributed by atoms with Crippen LogP contribution >= 0.6 is 9.24 Å². The summed E-state index contributed by atoms with van der Waals surface area (Å²) in [5.74, 6) is -3.52. The van der Waals surface area contributed by atoms with E-state index in [1.54, 1.807) is 24.3 Å². The first-order chi connectivity index (χ1) is 19.2.